The number of amides is 1. The highest BCUT2D eigenvalue weighted by molar-refractivity contribution is 5.97. The lowest BCUT2D eigenvalue weighted by molar-refractivity contribution is -0.119. The summed E-state index contributed by atoms with van der Waals surface area (Å²) in [5, 5.41) is 8.28. The Morgan fingerprint density at radius 3 is 3.04 bits per heavy atom. The summed E-state index contributed by atoms with van der Waals surface area (Å²) in [4.78, 5) is 18.7. The number of pyridine rings is 1. The monoisotopic (exact) mass is 322 g/mol. The third-order valence-electron chi connectivity index (χ3n) is 4.61. The number of rotatable bonds is 4. The standard InChI is InChI=1S/C18H18N4O2/c1-22(11-5-3-6-12(9-11)24-2)18(23)15-10-14(15)16-13-7-4-8-19-17(13)21-20-16/h3-9,14-15H,10H2,1-2H3,(H,19,20,21). The lowest BCUT2D eigenvalue weighted by Gasteiger charge is -2.18. The maximum absolute atomic E-state index is 12.8. The number of benzene rings is 1. The predicted molar refractivity (Wildman–Crippen MR) is 91.1 cm³/mol. The fraction of sp³-hybridized carbons (Fsp3) is 0.278. The molecule has 122 valence electrons. The number of aromatic amines is 1. The molecule has 2 atom stereocenters. The number of fused-ring (bicyclic) bond motifs is 1. The number of methoxy groups -OCH3 is 1. The van der Waals surface area contributed by atoms with Crippen molar-refractivity contribution in [1.29, 1.82) is 0 Å². The van der Waals surface area contributed by atoms with E-state index >= 15 is 0 Å². The van der Waals surface area contributed by atoms with Gasteiger partial charge in [0.05, 0.1) is 7.11 Å². The molecule has 1 aliphatic rings. The summed E-state index contributed by atoms with van der Waals surface area (Å²) in [5.41, 5.74) is 2.54. The van der Waals surface area contributed by atoms with Gasteiger partial charge < -0.3 is 9.64 Å². The Morgan fingerprint density at radius 2 is 2.21 bits per heavy atom. The number of ether oxygens (including phenoxy) is 1. The quantitative estimate of drug-likeness (QED) is 0.802. The molecule has 1 saturated carbocycles. The maximum Gasteiger partial charge on any atom is 0.230 e. The first kappa shape index (κ1) is 14.7. The molecule has 6 heteroatoms. The normalized spacial score (nSPS) is 19.2. The van der Waals surface area contributed by atoms with Gasteiger partial charge in [-0.25, -0.2) is 4.98 Å². The Morgan fingerprint density at radius 1 is 1.33 bits per heavy atom. The SMILES string of the molecule is COc1cccc(N(C)C(=O)C2CC2c2[nH]nc3ncccc23)c1. The molecular formula is C18H18N4O2. The molecule has 3 aromatic rings. The van der Waals surface area contributed by atoms with E-state index in [2.05, 4.69) is 15.2 Å². The number of carbonyl (C=O) groups excluding carboxylic acids is 1. The molecule has 1 fully saturated rings. The van der Waals surface area contributed by atoms with Gasteiger partial charge >= 0.3 is 0 Å². The van der Waals surface area contributed by atoms with E-state index in [1.54, 1.807) is 25.3 Å². The van der Waals surface area contributed by atoms with Crippen LogP contribution in [0.3, 0.4) is 0 Å². The lowest BCUT2D eigenvalue weighted by Crippen LogP contribution is -2.28. The number of hydrogen-bond acceptors (Lipinski definition) is 4. The number of nitrogens with one attached hydrogen (secondary N) is 1. The molecule has 0 aliphatic heterocycles. The second-order valence-corrected chi connectivity index (χ2v) is 6.06. The van der Waals surface area contributed by atoms with Crippen LogP contribution in [0.25, 0.3) is 11.0 Å². The van der Waals surface area contributed by atoms with Gasteiger partial charge in [-0.05, 0) is 30.7 Å². The summed E-state index contributed by atoms with van der Waals surface area (Å²) in [5.74, 6) is 1.01. The second-order valence-electron chi connectivity index (χ2n) is 6.06. The largest absolute Gasteiger partial charge is 0.497 e. The topological polar surface area (TPSA) is 71.1 Å². The molecule has 24 heavy (non-hydrogen) atoms. The van der Waals surface area contributed by atoms with Crippen molar-refractivity contribution >= 4 is 22.6 Å². The van der Waals surface area contributed by atoms with Crippen LogP contribution in [0.1, 0.15) is 18.0 Å². The molecular weight excluding hydrogens is 304 g/mol. The Labute approximate surface area is 139 Å². The molecule has 4 rings (SSSR count). The van der Waals surface area contributed by atoms with E-state index in [1.165, 1.54) is 0 Å². The lowest BCUT2D eigenvalue weighted by atomic mass is 10.1. The van der Waals surface area contributed by atoms with Gasteiger partial charge in [0.2, 0.25) is 5.91 Å². The first-order chi connectivity index (χ1) is 11.7. The fourth-order valence-electron chi connectivity index (χ4n) is 3.13. The van der Waals surface area contributed by atoms with Crippen LogP contribution in [0, 0.1) is 5.92 Å². The molecule has 6 nitrogen and oxygen atoms in total. The Kier molecular flexibility index (Phi) is 3.45. The first-order valence-corrected chi connectivity index (χ1v) is 7.89. The van der Waals surface area contributed by atoms with E-state index in [9.17, 15) is 4.79 Å². The Bertz CT molecular complexity index is 905. The van der Waals surface area contributed by atoms with Crippen molar-refractivity contribution in [3.8, 4) is 5.75 Å². The maximum atomic E-state index is 12.8. The molecule has 2 unspecified atom stereocenters. The molecule has 0 radical (unpaired) electrons. The minimum atomic E-state index is -0.0231. The third-order valence-corrected chi connectivity index (χ3v) is 4.61. The van der Waals surface area contributed by atoms with E-state index in [1.807, 2.05) is 36.4 Å². The zero-order chi connectivity index (χ0) is 16.7. The van der Waals surface area contributed by atoms with Gasteiger partial charge in [-0.1, -0.05) is 6.07 Å². The van der Waals surface area contributed by atoms with Gasteiger partial charge in [0, 0.05) is 47.9 Å². The zero-order valence-electron chi connectivity index (χ0n) is 13.6. The molecule has 2 aromatic heterocycles. The van der Waals surface area contributed by atoms with Crippen LogP contribution in [0.5, 0.6) is 5.75 Å². The highest BCUT2D eigenvalue weighted by Gasteiger charge is 2.47. The molecule has 0 saturated heterocycles. The number of nitrogens with zero attached hydrogens (tertiary/aromatic N) is 3. The molecule has 1 amide bonds. The minimum Gasteiger partial charge on any atom is -0.497 e. The minimum absolute atomic E-state index is 0.0231. The van der Waals surface area contributed by atoms with Crippen molar-refractivity contribution in [3.63, 3.8) is 0 Å². The van der Waals surface area contributed by atoms with Gasteiger partial charge in [-0.2, -0.15) is 5.10 Å². The highest BCUT2D eigenvalue weighted by Crippen LogP contribution is 2.49. The van der Waals surface area contributed by atoms with Crippen LogP contribution in [0.15, 0.2) is 42.6 Å². The average molecular weight is 322 g/mol. The summed E-state index contributed by atoms with van der Waals surface area (Å²) in [6.07, 6.45) is 2.55. The zero-order valence-corrected chi connectivity index (χ0v) is 13.6. The van der Waals surface area contributed by atoms with Crippen molar-refractivity contribution in [2.75, 3.05) is 19.1 Å². The highest BCUT2D eigenvalue weighted by atomic mass is 16.5. The van der Waals surface area contributed by atoms with Crippen molar-refractivity contribution < 1.29 is 9.53 Å². The van der Waals surface area contributed by atoms with E-state index < -0.39 is 0 Å². The summed E-state index contributed by atoms with van der Waals surface area (Å²) in [6.45, 7) is 0. The summed E-state index contributed by atoms with van der Waals surface area (Å²) >= 11 is 0. The number of H-pyrrole nitrogens is 1. The molecule has 0 bridgehead atoms. The summed E-state index contributed by atoms with van der Waals surface area (Å²) in [6, 6.07) is 11.4. The number of aromatic nitrogens is 3. The van der Waals surface area contributed by atoms with Crippen molar-refractivity contribution in [1.82, 2.24) is 15.2 Å². The van der Waals surface area contributed by atoms with E-state index in [0.29, 0.717) is 5.65 Å². The van der Waals surface area contributed by atoms with Crippen molar-refractivity contribution in [3.05, 3.63) is 48.3 Å². The summed E-state index contributed by atoms with van der Waals surface area (Å²) < 4.78 is 5.23. The fourth-order valence-corrected chi connectivity index (χ4v) is 3.13. The first-order valence-electron chi connectivity index (χ1n) is 7.89. The van der Waals surface area contributed by atoms with Crippen LogP contribution in [-0.4, -0.2) is 35.2 Å². The van der Waals surface area contributed by atoms with Crippen molar-refractivity contribution in [2.24, 2.45) is 5.92 Å². The summed E-state index contributed by atoms with van der Waals surface area (Å²) in [7, 11) is 3.42. The van der Waals surface area contributed by atoms with Crippen LogP contribution < -0.4 is 9.64 Å². The number of hydrogen-bond donors (Lipinski definition) is 1. The van der Waals surface area contributed by atoms with Crippen molar-refractivity contribution in [2.45, 2.75) is 12.3 Å². The van der Waals surface area contributed by atoms with Gasteiger partial charge in [0.25, 0.3) is 0 Å². The number of anilines is 1. The molecule has 1 aromatic carbocycles. The second kappa shape index (κ2) is 5.63. The van der Waals surface area contributed by atoms with Gasteiger partial charge in [0.15, 0.2) is 5.65 Å². The Balaban J connectivity index is 1.54. The van der Waals surface area contributed by atoms with E-state index in [0.717, 1.165) is 28.9 Å². The smallest absolute Gasteiger partial charge is 0.230 e. The van der Waals surface area contributed by atoms with Gasteiger partial charge in [0.1, 0.15) is 5.75 Å². The average Bonchev–Trinajstić information content (AvgIpc) is 3.31. The Hall–Kier alpha value is -2.89. The van der Waals surface area contributed by atoms with Crippen LogP contribution in [0.2, 0.25) is 0 Å². The van der Waals surface area contributed by atoms with Crippen LogP contribution in [-0.2, 0) is 4.79 Å². The van der Waals surface area contributed by atoms with Crippen LogP contribution in [0.4, 0.5) is 5.69 Å². The van der Waals surface area contributed by atoms with Gasteiger partial charge in [-0.15, -0.1) is 0 Å². The molecule has 0 spiro atoms. The molecule has 2 heterocycles. The predicted octanol–water partition coefficient (Wildman–Crippen LogP) is 2.73. The van der Waals surface area contributed by atoms with E-state index in [4.69, 9.17) is 4.74 Å². The molecule has 1 aliphatic carbocycles. The number of carbonyl (C=O) groups is 1. The van der Waals surface area contributed by atoms with E-state index in [-0.39, 0.29) is 17.7 Å². The molecule has 1 N–H and O–H groups in total. The van der Waals surface area contributed by atoms with Gasteiger partial charge in [-0.3, -0.25) is 9.89 Å². The third kappa shape index (κ3) is 2.40. The van der Waals surface area contributed by atoms with Crippen LogP contribution >= 0.6 is 0 Å².